The molecule has 30 heavy (non-hydrogen) atoms. The fourth-order valence-corrected chi connectivity index (χ4v) is 4.43. The van der Waals surface area contributed by atoms with Crippen LogP contribution in [0.4, 0.5) is 5.13 Å². The Morgan fingerprint density at radius 1 is 1.13 bits per heavy atom. The van der Waals surface area contributed by atoms with Crippen molar-refractivity contribution < 1.29 is 19.1 Å². The number of piperazine rings is 1. The van der Waals surface area contributed by atoms with Crippen LogP contribution in [0.1, 0.15) is 24.1 Å². The second-order valence-corrected chi connectivity index (χ2v) is 8.79. The van der Waals surface area contributed by atoms with E-state index in [9.17, 15) is 9.59 Å². The maximum atomic E-state index is 12.7. The summed E-state index contributed by atoms with van der Waals surface area (Å²) in [6.07, 6.45) is 2.20. The highest BCUT2D eigenvalue weighted by molar-refractivity contribution is 7.13. The quantitative estimate of drug-likeness (QED) is 0.759. The number of benzene rings is 1. The van der Waals surface area contributed by atoms with Crippen LogP contribution < -0.4 is 14.8 Å². The maximum Gasteiger partial charge on any atom is 0.231 e. The molecule has 3 heterocycles. The highest BCUT2D eigenvalue weighted by Gasteiger charge is 2.30. The number of hydrogen-bond donors (Lipinski definition) is 1. The molecule has 158 valence electrons. The summed E-state index contributed by atoms with van der Waals surface area (Å²) in [5.74, 6) is 1.88. The minimum Gasteiger partial charge on any atom is -0.454 e. The normalized spacial score (nSPS) is 18.5. The first-order valence-electron chi connectivity index (χ1n) is 10.3. The highest BCUT2D eigenvalue weighted by Crippen LogP contribution is 2.33. The van der Waals surface area contributed by atoms with Gasteiger partial charge in [-0.05, 0) is 30.5 Å². The number of carbonyl (C=O) groups excluding carboxylic acids is 2. The Hall–Kier alpha value is -2.65. The summed E-state index contributed by atoms with van der Waals surface area (Å²) in [5, 5.41) is 5.29. The summed E-state index contributed by atoms with van der Waals surface area (Å²) in [6.45, 7) is 4.19. The van der Waals surface area contributed by atoms with Gasteiger partial charge in [0.05, 0.1) is 12.1 Å². The number of hydrogen-bond acceptors (Lipinski definition) is 7. The fraction of sp³-hybridized carbons (Fsp3) is 0.476. The van der Waals surface area contributed by atoms with E-state index < -0.39 is 0 Å². The molecule has 0 unspecified atom stereocenters. The zero-order chi connectivity index (χ0) is 20.5. The van der Waals surface area contributed by atoms with Crippen molar-refractivity contribution in [3.8, 4) is 11.5 Å². The third-order valence-corrected chi connectivity index (χ3v) is 6.44. The number of rotatable bonds is 6. The van der Waals surface area contributed by atoms with E-state index >= 15 is 0 Å². The molecular formula is C21H24N4O4S. The van der Waals surface area contributed by atoms with E-state index in [1.54, 1.807) is 0 Å². The monoisotopic (exact) mass is 428 g/mol. The van der Waals surface area contributed by atoms with E-state index in [1.165, 1.54) is 16.9 Å². The number of anilines is 1. The van der Waals surface area contributed by atoms with Crippen LogP contribution >= 0.6 is 11.3 Å². The molecule has 2 aliphatic heterocycles. The van der Waals surface area contributed by atoms with Crippen molar-refractivity contribution in [3.63, 3.8) is 0 Å². The average Bonchev–Trinajstić information content (AvgIpc) is 3.35. The molecule has 1 N–H and O–H groups in total. The van der Waals surface area contributed by atoms with Crippen LogP contribution in [0.2, 0.25) is 0 Å². The number of ether oxygens (including phenoxy) is 2. The Bertz CT molecular complexity index is 950. The van der Waals surface area contributed by atoms with Gasteiger partial charge in [-0.25, -0.2) is 4.98 Å². The molecule has 9 heteroatoms. The molecule has 1 saturated carbocycles. The first kappa shape index (κ1) is 19.3. The first-order chi connectivity index (χ1) is 14.6. The van der Waals surface area contributed by atoms with Crippen molar-refractivity contribution in [2.45, 2.75) is 25.8 Å². The van der Waals surface area contributed by atoms with Crippen LogP contribution in [0.25, 0.3) is 0 Å². The van der Waals surface area contributed by atoms with Crippen LogP contribution in [-0.4, -0.2) is 59.6 Å². The van der Waals surface area contributed by atoms with E-state index in [-0.39, 0.29) is 30.9 Å². The number of fused-ring (bicyclic) bond motifs is 1. The van der Waals surface area contributed by atoms with Gasteiger partial charge in [0.25, 0.3) is 0 Å². The molecule has 1 saturated heterocycles. The third kappa shape index (κ3) is 4.41. The molecule has 2 aromatic rings. The zero-order valence-corrected chi connectivity index (χ0v) is 17.5. The predicted molar refractivity (Wildman–Crippen MR) is 112 cm³/mol. The molecule has 0 bridgehead atoms. The number of amides is 2. The van der Waals surface area contributed by atoms with E-state index in [0.717, 1.165) is 49.7 Å². The van der Waals surface area contributed by atoms with Gasteiger partial charge < -0.3 is 19.7 Å². The Kier molecular flexibility index (Phi) is 5.30. The Morgan fingerprint density at radius 3 is 2.73 bits per heavy atom. The van der Waals surface area contributed by atoms with Gasteiger partial charge in [0, 0.05) is 44.0 Å². The Morgan fingerprint density at radius 2 is 1.93 bits per heavy atom. The van der Waals surface area contributed by atoms with E-state index in [4.69, 9.17) is 9.47 Å². The molecule has 0 spiro atoms. The smallest absolute Gasteiger partial charge is 0.231 e. The molecule has 0 radical (unpaired) electrons. The lowest BCUT2D eigenvalue weighted by Crippen LogP contribution is -2.48. The molecule has 1 aliphatic carbocycles. The minimum absolute atomic E-state index is 0.0424. The van der Waals surface area contributed by atoms with Crippen molar-refractivity contribution in [3.05, 3.63) is 34.8 Å². The van der Waals surface area contributed by atoms with Gasteiger partial charge in [0.15, 0.2) is 16.6 Å². The van der Waals surface area contributed by atoms with Crippen molar-refractivity contribution in [2.24, 2.45) is 5.92 Å². The largest absolute Gasteiger partial charge is 0.454 e. The highest BCUT2D eigenvalue weighted by atomic mass is 32.1. The van der Waals surface area contributed by atoms with Crippen LogP contribution in [0, 0.1) is 5.92 Å². The minimum atomic E-state index is 0.0424. The predicted octanol–water partition coefficient (Wildman–Crippen LogP) is 2.11. The average molecular weight is 429 g/mol. The summed E-state index contributed by atoms with van der Waals surface area (Å²) in [6, 6.07) is 6.04. The number of nitrogens with one attached hydrogen (secondary N) is 1. The van der Waals surface area contributed by atoms with Gasteiger partial charge in [0.1, 0.15) is 0 Å². The molecule has 1 aromatic carbocycles. The molecule has 8 nitrogen and oxygen atoms in total. The first-order valence-corrected chi connectivity index (χ1v) is 11.2. The lowest BCUT2D eigenvalue weighted by molar-refractivity contribution is -0.132. The number of nitrogens with zero attached hydrogens (tertiary/aromatic N) is 3. The van der Waals surface area contributed by atoms with E-state index in [1.807, 2.05) is 22.4 Å². The zero-order valence-electron chi connectivity index (χ0n) is 16.6. The second kappa shape index (κ2) is 8.23. The summed E-state index contributed by atoms with van der Waals surface area (Å²) in [7, 11) is 0. The fourth-order valence-electron chi connectivity index (χ4n) is 3.72. The van der Waals surface area contributed by atoms with Gasteiger partial charge in [0.2, 0.25) is 18.6 Å². The van der Waals surface area contributed by atoms with Crippen molar-refractivity contribution in [2.75, 3.05) is 38.3 Å². The topological polar surface area (TPSA) is 84.0 Å². The van der Waals surface area contributed by atoms with Crippen molar-refractivity contribution in [1.29, 1.82) is 0 Å². The van der Waals surface area contributed by atoms with E-state index in [2.05, 4.69) is 21.3 Å². The van der Waals surface area contributed by atoms with Crippen LogP contribution in [0.3, 0.4) is 0 Å². The SMILES string of the molecule is O=C(Nc1nc(CC(=O)N2CCN(Cc3ccc4c(c3)OCO4)CC2)cs1)C1CC1. The van der Waals surface area contributed by atoms with E-state index in [0.29, 0.717) is 18.2 Å². The second-order valence-electron chi connectivity index (χ2n) is 7.93. The molecule has 3 aliphatic rings. The van der Waals surface area contributed by atoms with Crippen LogP contribution in [0.15, 0.2) is 23.6 Å². The van der Waals surface area contributed by atoms with Gasteiger partial charge in [-0.1, -0.05) is 6.07 Å². The summed E-state index contributed by atoms with van der Waals surface area (Å²) in [5.41, 5.74) is 1.90. The van der Waals surface area contributed by atoms with Crippen molar-refractivity contribution >= 4 is 28.3 Å². The lowest BCUT2D eigenvalue weighted by Gasteiger charge is -2.34. The standard InChI is InChI=1S/C21H24N4O4S/c26-19(10-16-12-30-21(22-16)23-20(27)15-2-3-15)25-7-5-24(6-8-25)11-14-1-4-17-18(9-14)29-13-28-17/h1,4,9,12,15H,2-3,5-8,10-11,13H2,(H,22,23,27). The van der Waals surface area contributed by atoms with Gasteiger partial charge in [-0.15, -0.1) is 11.3 Å². The summed E-state index contributed by atoms with van der Waals surface area (Å²) < 4.78 is 10.8. The van der Waals surface area contributed by atoms with Crippen LogP contribution in [0.5, 0.6) is 11.5 Å². The molecule has 1 aromatic heterocycles. The summed E-state index contributed by atoms with van der Waals surface area (Å²) in [4.78, 5) is 33.1. The molecule has 2 fully saturated rings. The van der Waals surface area contributed by atoms with Gasteiger partial charge in [-0.2, -0.15) is 0 Å². The summed E-state index contributed by atoms with van der Waals surface area (Å²) >= 11 is 1.38. The van der Waals surface area contributed by atoms with Gasteiger partial charge in [-0.3, -0.25) is 14.5 Å². The molecule has 0 atom stereocenters. The lowest BCUT2D eigenvalue weighted by atomic mass is 10.1. The number of aromatic nitrogens is 1. The van der Waals surface area contributed by atoms with Crippen molar-refractivity contribution in [1.82, 2.24) is 14.8 Å². The number of carbonyl (C=O) groups is 2. The Labute approximate surface area is 178 Å². The molecular weight excluding hydrogens is 404 g/mol. The van der Waals surface area contributed by atoms with Gasteiger partial charge >= 0.3 is 0 Å². The molecule has 5 rings (SSSR count). The number of thiazole rings is 1. The third-order valence-electron chi connectivity index (χ3n) is 5.63. The maximum absolute atomic E-state index is 12.7. The van der Waals surface area contributed by atoms with Crippen LogP contribution in [-0.2, 0) is 22.6 Å². The molecule has 2 amide bonds. The Balaban J connectivity index is 1.09.